The fraction of sp³-hybridized carbons (Fsp3) is 0.600. The molecule has 3 heteroatoms. The van der Waals surface area contributed by atoms with Crippen LogP contribution in [0.2, 0.25) is 0 Å². The molecule has 0 N–H and O–H groups in total. The monoisotopic (exact) mass is 248 g/mol. The highest BCUT2D eigenvalue weighted by molar-refractivity contribution is 5.54. The number of nitrogens with zero attached hydrogens (tertiary/aromatic N) is 2. The number of para-hydroxylation sites is 1. The standard InChI is InChI=1S/C15H24N2O/c1-16(2)9-5-7-14-6-3-4-8-15(14)17-10-12-18-13-11-17/h3-4,6,8H,5,7,9-13H2,1-2H3. The van der Waals surface area contributed by atoms with Crippen LogP contribution in [-0.2, 0) is 11.2 Å². The summed E-state index contributed by atoms with van der Waals surface area (Å²) in [4.78, 5) is 4.70. The third kappa shape index (κ3) is 3.72. The maximum absolute atomic E-state index is 5.43. The van der Waals surface area contributed by atoms with Crippen molar-refractivity contribution in [2.75, 3.05) is 51.8 Å². The van der Waals surface area contributed by atoms with Crippen LogP contribution in [0.25, 0.3) is 0 Å². The van der Waals surface area contributed by atoms with Crippen LogP contribution in [0, 0.1) is 0 Å². The molecule has 1 fully saturated rings. The molecule has 0 saturated carbocycles. The van der Waals surface area contributed by atoms with Gasteiger partial charge in [-0.1, -0.05) is 18.2 Å². The van der Waals surface area contributed by atoms with Crippen LogP contribution in [0.3, 0.4) is 0 Å². The number of anilines is 1. The number of rotatable bonds is 5. The van der Waals surface area contributed by atoms with Gasteiger partial charge in [0.15, 0.2) is 0 Å². The molecule has 0 unspecified atom stereocenters. The van der Waals surface area contributed by atoms with Gasteiger partial charge in [-0.3, -0.25) is 0 Å². The van der Waals surface area contributed by atoms with Crippen LogP contribution < -0.4 is 4.90 Å². The van der Waals surface area contributed by atoms with Crippen molar-refractivity contribution in [2.45, 2.75) is 12.8 Å². The zero-order valence-electron chi connectivity index (χ0n) is 11.6. The number of hydrogen-bond donors (Lipinski definition) is 0. The topological polar surface area (TPSA) is 15.7 Å². The Kier molecular flexibility index (Phi) is 5.02. The fourth-order valence-electron chi connectivity index (χ4n) is 2.42. The van der Waals surface area contributed by atoms with Crippen molar-refractivity contribution in [1.29, 1.82) is 0 Å². The Bertz CT molecular complexity index is 359. The Labute approximate surface area is 110 Å². The van der Waals surface area contributed by atoms with Gasteiger partial charge in [0.1, 0.15) is 0 Å². The summed E-state index contributed by atoms with van der Waals surface area (Å²) in [6.45, 7) is 4.89. The summed E-state index contributed by atoms with van der Waals surface area (Å²) < 4.78 is 5.43. The Morgan fingerprint density at radius 3 is 2.61 bits per heavy atom. The fourth-order valence-corrected chi connectivity index (χ4v) is 2.42. The van der Waals surface area contributed by atoms with E-state index < -0.39 is 0 Å². The summed E-state index contributed by atoms with van der Waals surface area (Å²) in [5, 5.41) is 0. The number of aryl methyl sites for hydroxylation is 1. The second-order valence-electron chi connectivity index (χ2n) is 5.13. The zero-order chi connectivity index (χ0) is 12.8. The molecule has 0 aromatic heterocycles. The van der Waals surface area contributed by atoms with E-state index in [1.54, 1.807) is 0 Å². The van der Waals surface area contributed by atoms with Gasteiger partial charge in [0.05, 0.1) is 13.2 Å². The minimum Gasteiger partial charge on any atom is -0.378 e. The normalized spacial score (nSPS) is 16.3. The summed E-state index contributed by atoms with van der Waals surface area (Å²) in [5.74, 6) is 0. The first-order valence-electron chi connectivity index (χ1n) is 6.82. The highest BCUT2D eigenvalue weighted by Crippen LogP contribution is 2.22. The van der Waals surface area contributed by atoms with Gasteiger partial charge >= 0.3 is 0 Å². The molecule has 1 aliphatic heterocycles. The van der Waals surface area contributed by atoms with Gasteiger partial charge in [-0.05, 0) is 45.1 Å². The van der Waals surface area contributed by atoms with Crippen molar-refractivity contribution in [3.8, 4) is 0 Å². The minimum absolute atomic E-state index is 0.853. The van der Waals surface area contributed by atoms with Gasteiger partial charge in [-0.25, -0.2) is 0 Å². The molecule has 1 aliphatic rings. The summed E-state index contributed by atoms with van der Waals surface area (Å²) in [6.07, 6.45) is 2.38. The smallest absolute Gasteiger partial charge is 0.0642 e. The van der Waals surface area contributed by atoms with Crippen molar-refractivity contribution in [1.82, 2.24) is 4.90 Å². The predicted octanol–water partition coefficient (Wildman–Crippen LogP) is 2.02. The molecule has 3 nitrogen and oxygen atoms in total. The predicted molar refractivity (Wildman–Crippen MR) is 76.3 cm³/mol. The molecular weight excluding hydrogens is 224 g/mol. The number of ether oxygens (including phenoxy) is 1. The SMILES string of the molecule is CN(C)CCCc1ccccc1N1CCOCC1. The summed E-state index contributed by atoms with van der Waals surface area (Å²) >= 11 is 0. The summed E-state index contributed by atoms with van der Waals surface area (Å²) in [7, 11) is 4.27. The van der Waals surface area contributed by atoms with E-state index in [9.17, 15) is 0 Å². The third-order valence-corrected chi connectivity index (χ3v) is 3.39. The molecule has 0 radical (unpaired) electrons. The molecule has 0 aliphatic carbocycles. The summed E-state index contributed by atoms with van der Waals surface area (Å²) in [6, 6.07) is 8.80. The van der Waals surface area contributed by atoms with Crippen molar-refractivity contribution >= 4 is 5.69 Å². The molecule has 1 aromatic carbocycles. The average molecular weight is 248 g/mol. The van der Waals surface area contributed by atoms with Crippen LogP contribution in [0.1, 0.15) is 12.0 Å². The van der Waals surface area contributed by atoms with E-state index in [-0.39, 0.29) is 0 Å². The lowest BCUT2D eigenvalue weighted by atomic mass is 10.1. The van der Waals surface area contributed by atoms with E-state index in [0.29, 0.717) is 0 Å². The molecule has 1 aromatic rings. The third-order valence-electron chi connectivity index (χ3n) is 3.39. The number of benzene rings is 1. The van der Waals surface area contributed by atoms with E-state index in [2.05, 4.69) is 48.2 Å². The molecule has 0 amide bonds. The molecule has 0 spiro atoms. The van der Waals surface area contributed by atoms with E-state index in [1.807, 2.05) is 0 Å². The van der Waals surface area contributed by atoms with E-state index >= 15 is 0 Å². The molecule has 1 heterocycles. The van der Waals surface area contributed by atoms with Crippen LogP contribution in [0.5, 0.6) is 0 Å². The molecule has 18 heavy (non-hydrogen) atoms. The molecule has 0 bridgehead atoms. The van der Waals surface area contributed by atoms with E-state index in [1.165, 1.54) is 17.7 Å². The molecule has 2 rings (SSSR count). The first-order valence-corrected chi connectivity index (χ1v) is 6.82. The lowest BCUT2D eigenvalue weighted by molar-refractivity contribution is 0.122. The van der Waals surface area contributed by atoms with Crippen LogP contribution in [0.4, 0.5) is 5.69 Å². The van der Waals surface area contributed by atoms with Crippen molar-refractivity contribution in [2.24, 2.45) is 0 Å². The van der Waals surface area contributed by atoms with Crippen LogP contribution in [0.15, 0.2) is 24.3 Å². The Morgan fingerprint density at radius 1 is 1.17 bits per heavy atom. The molecule has 100 valence electrons. The van der Waals surface area contributed by atoms with Gasteiger partial charge in [0, 0.05) is 18.8 Å². The van der Waals surface area contributed by atoms with Gasteiger partial charge in [0.25, 0.3) is 0 Å². The second kappa shape index (κ2) is 6.76. The Morgan fingerprint density at radius 2 is 1.89 bits per heavy atom. The van der Waals surface area contributed by atoms with Crippen LogP contribution in [-0.4, -0.2) is 51.8 Å². The van der Waals surface area contributed by atoms with Gasteiger partial charge in [-0.15, -0.1) is 0 Å². The number of hydrogen-bond acceptors (Lipinski definition) is 3. The Hall–Kier alpha value is -1.06. The molecule has 1 saturated heterocycles. The first-order chi connectivity index (χ1) is 8.77. The van der Waals surface area contributed by atoms with Gasteiger partial charge in [-0.2, -0.15) is 0 Å². The first kappa shape index (κ1) is 13.4. The summed E-state index contributed by atoms with van der Waals surface area (Å²) in [5.41, 5.74) is 2.88. The largest absolute Gasteiger partial charge is 0.378 e. The highest BCUT2D eigenvalue weighted by Gasteiger charge is 2.13. The second-order valence-corrected chi connectivity index (χ2v) is 5.13. The lowest BCUT2D eigenvalue weighted by Crippen LogP contribution is -2.36. The van der Waals surface area contributed by atoms with E-state index in [4.69, 9.17) is 4.74 Å². The van der Waals surface area contributed by atoms with Crippen molar-refractivity contribution in [3.63, 3.8) is 0 Å². The van der Waals surface area contributed by atoms with Gasteiger partial charge < -0.3 is 14.5 Å². The lowest BCUT2D eigenvalue weighted by Gasteiger charge is -2.30. The van der Waals surface area contributed by atoms with Crippen LogP contribution >= 0.6 is 0 Å². The van der Waals surface area contributed by atoms with Crippen molar-refractivity contribution < 1.29 is 4.74 Å². The molecular formula is C15H24N2O. The zero-order valence-corrected chi connectivity index (χ0v) is 11.6. The Balaban J connectivity index is 2.00. The van der Waals surface area contributed by atoms with Gasteiger partial charge in [0.2, 0.25) is 0 Å². The van der Waals surface area contributed by atoms with E-state index in [0.717, 1.165) is 39.3 Å². The number of morpholine rings is 1. The quantitative estimate of drug-likeness (QED) is 0.793. The maximum Gasteiger partial charge on any atom is 0.0642 e. The van der Waals surface area contributed by atoms with Crippen molar-refractivity contribution in [3.05, 3.63) is 29.8 Å². The molecule has 0 atom stereocenters. The minimum atomic E-state index is 0.853. The average Bonchev–Trinajstić information content (AvgIpc) is 2.40. The maximum atomic E-state index is 5.43. The highest BCUT2D eigenvalue weighted by atomic mass is 16.5.